The van der Waals surface area contributed by atoms with Crippen molar-refractivity contribution in [3.63, 3.8) is 0 Å². The Morgan fingerprint density at radius 1 is 1.50 bits per heavy atom. The van der Waals surface area contributed by atoms with Crippen molar-refractivity contribution in [2.75, 3.05) is 13.1 Å². The molecule has 1 aliphatic rings. The lowest BCUT2D eigenvalue weighted by atomic mass is 9.92. The van der Waals surface area contributed by atoms with E-state index in [1.807, 2.05) is 18.4 Å². The van der Waals surface area contributed by atoms with Gasteiger partial charge in [0.25, 0.3) is 5.91 Å². The molecular weight excluding hydrogens is 397 g/mol. The summed E-state index contributed by atoms with van der Waals surface area (Å²) in [4.78, 5) is 16.1. The minimum atomic E-state index is -0.655. The lowest BCUT2D eigenvalue weighted by Crippen LogP contribution is -2.32. The van der Waals surface area contributed by atoms with Gasteiger partial charge in [-0.3, -0.25) is 4.79 Å². The van der Waals surface area contributed by atoms with Crippen molar-refractivity contribution in [1.82, 2.24) is 14.9 Å². The van der Waals surface area contributed by atoms with Gasteiger partial charge in [0.1, 0.15) is 17.0 Å². The van der Waals surface area contributed by atoms with Crippen LogP contribution < -0.4 is 11.1 Å². The highest BCUT2D eigenvalue weighted by atomic mass is 35.5. The van der Waals surface area contributed by atoms with Gasteiger partial charge in [0, 0.05) is 19.0 Å². The van der Waals surface area contributed by atoms with E-state index in [1.54, 1.807) is 0 Å². The van der Waals surface area contributed by atoms with Crippen molar-refractivity contribution in [2.45, 2.75) is 39.2 Å². The fraction of sp³-hybridized carbons (Fsp3) is 0.450. The summed E-state index contributed by atoms with van der Waals surface area (Å²) in [7, 11) is 0. The number of primary amides is 1. The van der Waals surface area contributed by atoms with Gasteiger partial charge in [0.05, 0.1) is 26.9 Å². The Balaban J connectivity index is 2.22. The van der Waals surface area contributed by atoms with Crippen LogP contribution in [0.1, 0.15) is 55.3 Å². The minimum Gasteiger partial charge on any atom is -0.364 e. The molecule has 0 aromatic carbocycles. The molecule has 2 aromatic rings. The predicted molar refractivity (Wildman–Crippen MR) is 110 cm³/mol. The zero-order valence-electron chi connectivity index (χ0n) is 15.8. The number of nitrogens with two attached hydrogens (primary N) is 1. The molecule has 146 valence electrons. The number of nitrogens with one attached hydrogen (secondary N) is 1. The van der Waals surface area contributed by atoms with Crippen molar-refractivity contribution >= 4 is 40.1 Å². The average Bonchev–Trinajstić information content (AvgIpc) is 2.94. The second kappa shape index (κ2) is 8.01. The summed E-state index contributed by atoms with van der Waals surface area (Å²) in [5.41, 5.74) is 6.04. The lowest BCUT2D eigenvalue weighted by Gasteiger charge is -2.25. The Kier molecular flexibility index (Phi) is 5.86. The number of amides is 1. The normalized spacial score (nSPS) is 17.0. The van der Waals surface area contributed by atoms with Crippen LogP contribution >= 0.6 is 23.2 Å². The number of piperidine rings is 1. The molecule has 0 spiro atoms. The smallest absolute Gasteiger partial charge is 0.267 e. The van der Waals surface area contributed by atoms with Crippen molar-refractivity contribution in [1.29, 1.82) is 5.26 Å². The summed E-state index contributed by atoms with van der Waals surface area (Å²) in [6, 6.07) is 3.74. The van der Waals surface area contributed by atoms with Crippen LogP contribution in [0.4, 0.5) is 0 Å². The van der Waals surface area contributed by atoms with Gasteiger partial charge in [-0.15, -0.1) is 0 Å². The number of carbonyl (C=O) groups is 1. The van der Waals surface area contributed by atoms with Crippen molar-refractivity contribution < 1.29 is 4.79 Å². The monoisotopic (exact) mass is 417 g/mol. The van der Waals surface area contributed by atoms with E-state index in [0.717, 1.165) is 25.9 Å². The summed E-state index contributed by atoms with van der Waals surface area (Å²) in [6.45, 7) is 5.35. The first kappa shape index (κ1) is 20.5. The average molecular weight is 418 g/mol. The Morgan fingerprint density at radius 3 is 2.86 bits per heavy atom. The summed E-state index contributed by atoms with van der Waals surface area (Å²) < 4.78 is 1.95. The first-order chi connectivity index (χ1) is 13.2. The van der Waals surface area contributed by atoms with Gasteiger partial charge in [-0.05, 0) is 45.2 Å². The Hall–Kier alpha value is -2.25. The van der Waals surface area contributed by atoms with Crippen molar-refractivity contribution in [3.8, 4) is 17.9 Å². The van der Waals surface area contributed by atoms with E-state index in [0.29, 0.717) is 33.2 Å². The van der Waals surface area contributed by atoms with E-state index in [9.17, 15) is 10.1 Å². The van der Waals surface area contributed by atoms with E-state index >= 15 is 0 Å². The predicted octanol–water partition coefficient (Wildman–Crippen LogP) is 3.66. The number of halogens is 2. The van der Waals surface area contributed by atoms with E-state index < -0.39 is 11.3 Å². The van der Waals surface area contributed by atoms with Gasteiger partial charge >= 0.3 is 0 Å². The molecule has 0 bridgehead atoms. The molecule has 1 fully saturated rings. The van der Waals surface area contributed by atoms with Crippen molar-refractivity contribution in [2.24, 2.45) is 11.1 Å². The van der Waals surface area contributed by atoms with Crippen LogP contribution in [0, 0.1) is 28.6 Å². The fourth-order valence-electron chi connectivity index (χ4n) is 3.25. The van der Waals surface area contributed by atoms with Crippen LogP contribution in [-0.4, -0.2) is 28.5 Å². The summed E-state index contributed by atoms with van der Waals surface area (Å²) in [6.07, 6.45) is 2.32. The number of nitriles is 1. The fourth-order valence-corrected chi connectivity index (χ4v) is 3.90. The molecule has 28 heavy (non-hydrogen) atoms. The van der Waals surface area contributed by atoms with E-state index in [-0.39, 0.29) is 11.7 Å². The number of hydrogen-bond donors (Lipinski definition) is 2. The number of aromatic nitrogens is 2. The first-order valence-electron chi connectivity index (χ1n) is 9.06. The maximum absolute atomic E-state index is 11.7. The maximum atomic E-state index is 11.7. The quantitative estimate of drug-likeness (QED) is 0.744. The molecule has 0 unspecified atom stereocenters. The van der Waals surface area contributed by atoms with E-state index in [2.05, 4.69) is 28.2 Å². The molecule has 2 aromatic heterocycles. The van der Waals surface area contributed by atoms with Crippen LogP contribution in [0.25, 0.3) is 11.0 Å². The van der Waals surface area contributed by atoms with Crippen LogP contribution in [0.5, 0.6) is 0 Å². The molecule has 0 aliphatic carbocycles. The maximum Gasteiger partial charge on any atom is 0.267 e. The van der Waals surface area contributed by atoms with Gasteiger partial charge in [-0.2, -0.15) is 5.26 Å². The van der Waals surface area contributed by atoms with Gasteiger partial charge in [-0.25, -0.2) is 4.98 Å². The molecule has 3 heterocycles. The molecule has 0 radical (unpaired) electrons. The SMILES string of the molecule is CC(C)(C#N)CC#Cc1c(Cl)c2c(Cl)cc(C(N)=O)nc2n1[C@H]1CCCNC1. The van der Waals surface area contributed by atoms with Crippen LogP contribution in [0.3, 0.4) is 0 Å². The molecule has 3 rings (SSSR count). The lowest BCUT2D eigenvalue weighted by molar-refractivity contribution is 0.0996. The van der Waals surface area contributed by atoms with Gasteiger partial charge in [0.15, 0.2) is 0 Å². The van der Waals surface area contributed by atoms with Crippen LogP contribution in [0.15, 0.2) is 6.07 Å². The molecule has 6 nitrogen and oxygen atoms in total. The number of pyridine rings is 1. The number of nitrogens with zero attached hydrogens (tertiary/aromatic N) is 3. The molecule has 1 atom stereocenters. The third-order valence-electron chi connectivity index (χ3n) is 4.78. The third-order valence-corrected chi connectivity index (χ3v) is 5.44. The van der Waals surface area contributed by atoms with E-state index in [1.165, 1.54) is 6.07 Å². The second-order valence-corrected chi connectivity index (χ2v) is 8.34. The first-order valence-corrected chi connectivity index (χ1v) is 9.81. The summed E-state index contributed by atoms with van der Waals surface area (Å²) in [5, 5.41) is 13.8. The Morgan fingerprint density at radius 2 is 2.25 bits per heavy atom. The topological polar surface area (TPSA) is 96.7 Å². The zero-order chi connectivity index (χ0) is 20.5. The Bertz CT molecular complexity index is 1030. The second-order valence-electron chi connectivity index (χ2n) is 7.56. The van der Waals surface area contributed by atoms with Gasteiger partial charge in [-0.1, -0.05) is 29.1 Å². The molecule has 1 aliphatic heterocycles. The zero-order valence-corrected chi connectivity index (χ0v) is 17.3. The molecular formula is C20H21Cl2N5O. The number of fused-ring (bicyclic) bond motifs is 1. The minimum absolute atomic E-state index is 0.0729. The number of hydrogen-bond acceptors (Lipinski definition) is 4. The van der Waals surface area contributed by atoms with Crippen molar-refractivity contribution in [3.05, 3.63) is 27.5 Å². The highest BCUT2D eigenvalue weighted by Gasteiger charge is 2.26. The molecule has 1 amide bonds. The van der Waals surface area contributed by atoms with Crippen LogP contribution in [-0.2, 0) is 0 Å². The number of carbonyl (C=O) groups excluding carboxylic acids is 1. The molecule has 8 heteroatoms. The van der Waals surface area contributed by atoms with Gasteiger partial charge in [0.2, 0.25) is 0 Å². The molecule has 3 N–H and O–H groups in total. The third kappa shape index (κ3) is 3.95. The largest absolute Gasteiger partial charge is 0.364 e. The Labute approximate surface area is 174 Å². The van der Waals surface area contributed by atoms with E-state index in [4.69, 9.17) is 28.9 Å². The van der Waals surface area contributed by atoms with Crippen LogP contribution in [0.2, 0.25) is 10.0 Å². The summed E-state index contributed by atoms with van der Waals surface area (Å²) >= 11 is 13.1. The highest BCUT2D eigenvalue weighted by Crippen LogP contribution is 2.38. The molecule has 0 saturated carbocycles. The number of rotatable bonds is 3. The summed E-state index contributed by atoms with van der Waals surface area (Å²) in [5.74, 6) is 5.54. The highest BCUT2D eigenvalue weighted by molar-refractivity contribution is 6.43. The standard InChI is InChI=1S/C20H21Cl2N5O/c1-20(2,11-23)7-3-6-15-17(22)16-13(21)9-14(18(24)28)26-19(16)27(15)12-5-4-8-25-10-12/h9,12,25H,4-5,7-8,10H2,1-2H3,(H2,24,28)/t12-/m0/s1. The molecule has 1 saturated heterocycles. The van der Waals surface area contributed by atoms with Gasteiger partial charge < -0.3 is 15.6 Å².